The first kappa shape index (κ1) is 39.5. The monoisotopic (exact) mass is 822 g/mol. The number of carbonyl (C=O) groups is 3. The van der Waals surface area contributed by atoms with Crippen LogP contribution in [0.2, 0.25) is 0 Å². The average molecular weight is 823 g/mol. The molecule has 16 nitrogen and oxygen atoms in total. The predicted octanol–water partition coefficient (Wildman–Crippen LogP) is 3.75. The molecule has 1 aromatic carbocycles. The number of rotatable bonds is 9. The molecule has 3 saturated heterocycles. The zero-order valence-electron chi connectivity index (χ0n) is 33.5. The van der Waals surface area contributed by atoms with Crippen LogP contribution < -0.4 is 21.2 Å². The Kier molecular flexibility index (Phi) is 10.9. The third-order valence-electron chi connectivity index (χ3n) is 12.6. The normalized spacial score (nSPS) is 21.8. The van der Waals surface area contributed by atoms with Gasteiger partial charge in [-0.2, -0.15) is 10.2 Å². The molecule has 3 aliphatic heterocycles. The summed E-state index contributed by atoms with van der Waals surface area (Å²) in [6, 6.07) is 6.60. The lowest BCUT2D eigenvalue weighted by atomic mass is 9.85. The van der Waals surface area contributed by atoms with Crippen molar-refractivity contribution in [2.45, 2.75) is 69.9 Å². The quantitative estimate of drug-likeness (QED) is 0.166. The molecule has 314 valence electrons. The number of alkyl halides is 2. The lowest BCUT2D eigenvalue weighted by Crippen LogP contribution is -2.48. The van der Waals surface area contributed by atoms with Crippen molar-refractivity contribution in [3.63, 3.8) is 0 Å². The Balaban J connectivity index is 0.769. The van der Waals surface area contributed by atoms with E-state index < -0.39 is 30.0 Å². The van der Waals surface area contributed by atoms with Crippen LogP contribution in [0.25, 0.3) is 16.7 Å². The van der Waals surface area contributed by atoms with E-state index in [1.165, 1.54) is 19.8 Å². The zero-order chi connectivity index (χ0) is 41.5. The lowest BCUT2D eigenvalue weighted by molar-refractivity contribution is -0.135. The Morgan fingerprint density at radius 1 is 0.983 bits per heavy atom. The van der Waals surface area contributed by atoms with Crippen LogP contribution in [-0.2, 0) is 16.6 Å². The largest absolute Gasteiger partial charge is 0.357 e. The number of fused-ring (bicyclic) bond motifs is 2. The molecule has 5 aromatic rings. The van der Waals surface area contributed by atoms with E-state index in [9.17, 15) is 28.0 Å². The van der Waals surface area contributed by atoms with Gasteiger partial charge in [-0.05, 0) is 69.1 Å². The van der Waals surface area contributed by atoms with Crippen molar-refractivity contribution < 1.29 is 23.2 Å². The van der Waals surface area contributed by atoms with E-state index in [2.05, 4.69) is 52.4 Å². The van der Waals surface area contributed by atoms with Crippen LogP contribution in [0.3, 0.4) is 0 Å². The van der Waals surface area contributed by atoms with Crippen LogP contribution in [-0.4, -0.2) is 113 Å². The summed E-state index contributed by atoms with van der Waals surface area (Å²) >= 11 is 0. The van der Waals surface area contributed by atoms with Gasteiger partial charge in [0.1, 0.15) is 17.4 Å². The van der Waals surface area contributed by atoms with Crippen LogP contribution in [0, 0.1) is 17.8 Å². The molecule has 1 saturated carbocycles. The number of piperidine rings is 1. The molecule has 9 rings (SSSR count). The Bertz CT molecular complexity index is 2560. The number of nitrogens with zero attached hydrogens (tertiary/aromatic N) is 10. The van der Waals surface area contributed by atoms with Gasteiger partial charge < -0.3 is 15.1 Å². The van der Waals surface area contributed by atoms with Crippen molar-refractivity contribution >= 4 is 45.9 Å². The summed E-state index contributed by atoms with van der Waals surface area (Å²) in [5.74, 6) is 6.47. The van der Waals surface area contributed by atoms with Gasteiger partial charge in [0.05, 0.1) is 41.1 Å². The number of amides is 3. The van der Waals surface area contributed by atoms with E-state index in [0.29, 0.717) is 34.7 Å². The van der Waals surface area contributed by atoms with Crippen LogP contribution in [0.1, 0.15) is 91.5 Å². The molecule has 7 heterocycles. The molecular weight excluding hydrogens is 775 g/mol. The number of piperazine rings is 1. The first-order valence-electron chi connectivity index (χ1n) is 20.9. The summed E-state index contributed by atoms with van der Waals surface area (Å²) in [7, 11) is 1.68. The molecule has 0 radical (unpaired) electrons. The number of benzene rings is 1. The number of para-hydroxylation sites is 1. The maximum Gasteiger partial charge on any atom is 0.329 e. The first-order valence-corrected chi connectivity index (χ1v) is 20.9. The number of carbonyl (C=O) groups excluding carboxylic acids is 3. The van der Waals surface area contributed by atoms with E-state index in [-0.39, 0.29) is 41.7 Å². The standard InChI is InChI=1S/C42H48F2N12O4/c1-50-37-28(6-4-8-32(37)56(42(50)60)33-13-14-35(57)48-41(33)59)7-5-16-51-20-22-52(23-21-51)25-27-9-11-29(12-10-27)55-26-31(36(49-55)38(43)44)46-40(58)30-24-45-54-19-15-34(47-39(30)54)53-17-2-3-18-53/h4,6,8,15,19,24,26-27,29,33,38H,2-3,9-14,16-18,20-23,25H2,1H3,(H,46,58)(H,48,57,59)/t27-,29-,33?. The van der Waals surface area contributed by atoms with Crippen LogP contribution in [0.4, 0.5) is 20.3 Å². The van der Waals surface area contributed by atoms with Crippen LogP contribution in [0.15, 0.2) is 47.7 Å². The molecule has 1 unspecified atom stereocenters. The van der Waals surface area contributed by atoms with Gasteiger partial charge >= 0.3 is 5.69 Å². The minimum absolute atomic E-state index is 0.00118. The second-order valence-electron chi connectivity index (χ2n) is 16.4. The molecule has 4 fully saturated rings. The van der Waals surface area contributed by atoms with Crippen molar-refractivity contribution in [3.8, 4) is 11.8 Å². The maximum absolute atomic E-state index is 14.2. The first-order chi connectivity index (χ1) is 29.1. The van der Waals surface area contributed by atoms with Crippen molar-refractivity contribution in [1.29, 1.82) is 0 Å². The zero-order valence-corrected chi connectivity index (χ0v) is 33.5. The number of nitrogens with one attached hydrogen (secondary N) is 2. The van der Waals surface area contributed by atoms with Gasteiger partial charge in [0, 0.05) is 71.7 Å². The fraction of sp³-hybridized carbons (Fsp3) is 0.500. The number of aryl methyl sites for hydroxylation is 1. The summed E-state index contributed by atoms with van der Waals surface area (Å²) in [5, 5.41) is 13.6. The number of hydrogen-bond donors (Lipinski definition) is 2. The van der Waals surface area contributed by atoms with E-state index >= 15 is 0 Å². The number of aromatic nitrogens is 7. The second kappa shape index (κ2) is 16.6. The average Bonchev–Trinajstić information content (AvgIpc) is 4.06. The number of halogens is 2. The molecule has 4 aromatic heterocycles. The van der Waals surface area contributed by atoms with Gasteiger partial charge in [0.15, 0.2) is 11.3 Å². The van der Waals surface area contributed by atoms with Gasteiger partial charge in [-0.15, -0.1) is 0 Å². The van der Waals surface area contributed by atoms with Gasteiger partial charge in [-0.25, -0.2) is 23.1 Å². The molecule has 0 spiro atoms. The van der Waals surface area contributed by atoms with E-state index in [4.69, 9.17) is 0 Å². The number of hydrogen-bond acceptors (Lipinski definition) is 10. The van der Waals surface area contributed by atoms with Gasteiger partial charge in [0.25, 0.3) is 12.3 Å². The summed E-state index contributed by atoms with van der Waals surface area (Å²) in [5.41, 5.74) is 1.81. The molecule has 18 heteroatoms. The minimum Gasteiger partial charge on any atom is -0.357 e. The number of imide groups is 1. The van der Waals surface area contributed by atoms with Crippen molar-refractivity contribution in [1.82, 2.24) is 48.6 Å². The summed E-state index contributed by atoms with van der Waals surface area (Å²) in [4.78, 5) is 62.7. The van der Waals surface area contributed by atoms with Crippen molar-refractivity contribution in [2.24, 2.45) is 13.0 Å². The van der Waals surface area contributed by atoms with Crippen molar-refractivity contribution in [2.75, 3.05) is 62.6 Å². The van der Waals surface area contributed by atoms with Gasteiger partial charge in [-0.1, -0.05) is 17.9 Å². The Hall–Kier alpha value is -5.93. The molecule has 1 atom stereocenters. The molecule has 60 heavy (non-hydrogen) atoms. The van der Waals surface area contributed by atoms with Crippen molar-refractivity contribution in [3.05, 3.63) is 70.2 Å². The fourth-order valence-electron chi connectivity index (χ4n) is 9.28. The molecule has 0 bridgehead atoms. The Morgan fingerprint density at radius 3 is 2.50 bits per heavy atom. The third-order valence-corrected chi connectivity index (χ3v) is 12.6. The highest BCUT2D eigenvalue weighted by molar-refractivity contribution is 6.08. The molecule has 4 aliphatic rings. The highest BCUT2D eigenvalue weighted by atomic mass is 19.3. The second-order valence-corrected chi connectivity index (χ2v) is 16.4. The fourth-order valence-corrected chi connectivity index (χ4v) is 9.28. The molecule has 2 N–H and O–H groups in total. The topological polar surface area (TPSA) is 160 Å². The predicted molar refractivity (Wildman–Crippen MR) is 219 cm³/mol. The Morgan fingerprint density at radius 2 is 1.75 bits per heavy atom. The number of anilines is 2. The smallest absolute Gasteiger partial charge is 0.329 e. The maximum atomic E-state index is 14.2. The highest BCUT2D eigenvalue weighted by Crippen LogP contribution is 2.36. The van der Waals surface area contributed by atoms with E-state index in [0.717, 1.165) is 90.2 Å². The van der Waals surface area contributed by atoms with E-state index in [1.54, 1.807) is 24.1 Å². The molecule has 3 amide bonds. The van der Waals surface area contributed by atoms with Gasteiger partial charge in [-0.3, -0.25) is 38.4 Å². The van der Waals surface area contributed by atoms with E-state index in [1.807, 2.05) is 24.3 Å². The molecule has 1 aliphatic carbocycles. The molecular formula is C42H48F2N12O4. The summed E-state index contributed by atoms with van der Waals surface area (Å²) in [6.07, 6.45) is 8.01. The lowest BCUT2D eigenvalue weighted by Gasteiger charge is -2.37. The Labute approximate surface area is 344 Å². The number of imidazole rings is 1. The van der Waals surface area contributed by atoms with Gasteiger partial charge in [0.2, 0.25) is 11.8 Å². The third kappa shape index (κ3) is 7.79. The highest BCUT2D eigenvalue weighted by Gasteiger charge is 2.32. The van der Waals surface area contributed by atoms with Crippen LogP contribution >= 0.6 is 0 Å². The minimum atomic E-state index is -2.85. The summed E-state index contributed by atoms with van der Waals surface area (Å²) in [6.45, 7) is 6.94. The SMILES string of the molecule is Cn1c(=O)n(C2CCC(=O)NC2=O)c2cccc(C#CCN3CCN(C[C@H]4CC[C@H](n5cc(NC(=O)c6cnn7ccc(N8CCCC8)nc67)c(C(F)F)n5)CC4)CC3)c21. The summed E-state index contributed by atoms with van der Waals surface area (Å²) < 4.78 is 34.6. The van der Waals surface area contributed by atoms with Crippen LogP contribution in [0.5, 0.6) is 0 Å².